The van der Waals surface area contributed by atoms with Crippen molar-refractivity contribution in [1.29, 1.82) is 0 Å². The maximum Gasteiger partial charge on any atom is 0.311 e. The van der Waals surface area contributed by atoms with Gasteiger partial charge in [0.25, 0.3) is 0 Å². The van der Waals surface area contributed by atoms with Gasteiger partial charge in [0.15, 0.2) is 5.75 Å². The van der Waals surface area contributed by atoms with Crippen LogP contribution in [0, 0.1) is 10.1 Å². The molecule has 6 nitrogen and oxygen atoms in total. The third-order valence-electron chi connectivity index (χ3n) is 2.30. The summed E-state index contributed by atoms with van der Waals surface area (Å²) < 4.78 is 10.7. The highest BCUT2D eigenvalue weighted by Crippen LogP contribution is 2.30. The Morgan fingerprint density at radius 2 is 2.16 bits per heavy atom. The Balaban J connectivity index is 2.76. The van der Waals surface area contributed by atoms with Gasteiger partial charge in [0.1, 0.15) is 0 Å². The van der Waals surface area contributed by atoms with Crippen molar-refractivity contribution in [2.75, 3.05) is 25.1 Å². The summed E-state index contributed by atoms with van der Waals surface area (Å²) in [6, 6.07) is 4.75. The van der Waals surface area contributed by atoms with Crippen molar-refractivity contribution in [2.24, 2.45) is 0 Å². The molecular formula is C13H20N2O4. The molecule has 0 fully saturated rings. The molecule has 0 saturated heterocycles. The fourth-order valence-corrected chi connectivity index (χ4v) is 1.54. The monoisotopic (exact) mass is 268 g/mol. The summed E-state index contributed by atoms with van der Waals surface area (Å²) in [5.41, 5.74) is 0.755. The van der Waals surface area contributed by atoms with Gasteiger partial charge in [-0.1, -0.05) is 0 Å². The maximum absolute atomic E-state index is 10.9. The van der Waals surface area contributed by atoms with Gasteiger partial charge in [-0.15, -0.1) is 0 Å². The predicted molar refractivity (Wildman–Crippen MR) is 73.8 cm³/mol. The second kappa shape index (κ2) is 7.58. The van der Waals surface area contributed by atoms with Crippen LogP contribution in [0.3, 0.4) is 0 Å². The zero-order chi connectivity index (χ0) is 14.3. The van der Waals surface area contributed by atoms with Crippen molar-refractivity contribution >= 4 is 11.4 Å². The Morgan fingerprint density at radius 3 is 2.74 bits per heavy atom. The molecule has 1 rings (SSSR count). The van der Waals surface area contributed by atoms with Gasteiger partial charge in [-0.2, -0.15) is 0 Å². The lowest BCUT2D eigenvalue weighted by Crippen LogP contribution is -2.11. The van der Waals surface area contributed by atoms with Crippen LogP contribution in [0.5, 0.6) is 5.75 Å². The predicted octanol–water partition coefficient (Wildman–Crippen LogP) is 2.83. The molecule has 0 aliphatic rings. The van der Waals surface area contributed by atoms with Crippen LogP contribution >= 0.6 is 0 Å². The van der Waals surface area contributed by atoms with Gasteiger partial charge in [0, 0.05) is 31.0 Å². The first-order valence-corrected chi connectivity index (χ1v) is 6.31. The van der Waals surface area contributed by atoms with E-state index in [4.69, 9.17) is 9.47 Å². The summed E-state index contributed by atoms with van der Waals surface area (Å²) in [6.07, 6.45) is -0.114. The fraction of sp³-hybridized carbons (Fsp3) is 0.538. The number of anilines is 1. The van der Waals surface area contributed by atoms with Gasteiger partial charge in [-0.3, -0.25) is 10.1 Å². The highest BCUT2D eigenvalue weighted by atomic mass is 16.6. The topological polar surface area (TPSA) is 73.6 Å². The molecule has 0 atom stereocenters. The first kappa shape index (κ1) is 15.2. The van der Waals surface area contributed by atoms with Gasteiger partial charge in [-0.05, 0) is 26.8 Å². The van der Waals surface area contributed by atoms with Crippen molar-refractivity contribution < 1.29 is 14.4 Å². The molecule has 0 aromatic heterocycles. The number of benzene rings is 1. The molecule has 1 N–H and O–H groups in total. The summed E-state index contributed by atoms with van der Waals surface area (Å²) in [5.74, 6) is 0.279. The van der Waals surface area contributed by atoms with E-state index in [0.717, 1.165) is 5.69 Å². The minimum absolute atomic E-state index is 0.0240. The normalized spacial score (nSPS) is 10.5. The van der Waals surface area contributed by atoms with Crippen LogP contribution < -0.4 is 10.1 Å². The Hall–Kier alpha value is -1.82. The third-order valence-corrected chi connectivity index (χ3v) is 2.30. The molecule has 0 saturated carbocycles. The summed E-state index contributed by atoms with van der Waals surface area (Å²) in [4.78, 5) is 10.5. The van der Waals surface area contributed by atoms with E-state index >= 15 is 0 Å². The Kier molecular flexibility index (Phi) is 6.08. The van der Waals surface area contributed by atoms with Crippen molar-refractivity contribution in [3.63, 3.8) is 0 Å². The quantitative estimate of drug-likeness (QED) is 0.446. The van der Waals surface area contributed by atoms with Crippen LogP contribution in [0.25, 0.3) is 0 Å². The average molecular weight is 268 g/mol. The molecule has 6 heteroatoms. The molecule has 19 heavy (non-hydrogen) atoms. The summed E-state index contributed by atoms with van der Waals surface area (Å²) in [6.45, 7) is 7.50. The molecule has 0 bridgehead atoms. The number of nitro benzene ring substituents is 1. The van der Waals surface area contributed by atoms with Gasteiger partial charge >= 0.3 is 5.69 Å². The maximum atomic E-state index is 10.9. The molecule has 0 aliphatic heterocycles. The van der Waals surface area contributed by atoms with Crippen LogP contribution in [-0.2, 0) is 4.74 Å². The fourth-order valence-electron chi connectivity index (χ4n) is 1.54. The number of rotatable bonds is 8. The van der Waals surface area contributed by atoms with Crippen molar-refractivity contribution in [3.8, 4) is 5.75 Å². The van der Waals surface area contributed by atoms with E-state index in [1.807, 2.05) is 20.8 Å². The van der Waals surface area contributed by atoms with Gasteiger partial charge in [0.2, 0.25) is 0 Å². The molecule has 1 aromatic carbocycles. The van der Waals surface area contributed by atoms with Crippen LogP contribution in [-0.4, -0.2) is 30.8 Å². The number of hydrogen-bond acceptors (Lipinski definition) is 5. The molecule has 0 spiro atoms. The Bertz CT molecular complexity index is 421. The number of nitro groups is 1. The summed E-state index contributed by atoms with van der Waals surface area (Å²) in [7, 11) is 0. The lowest BCUT2D eigenvalue weighted by Gasteiger charge is -2.12. The zero-order valence-electron chi connectivity index (χ0n) is 11.5. The number of ether oxygens (including phenoxy) is 2. The first-order valence-electron chi connectivity index (χ1n) is 6.31. The van der Waals surface area contributed by atoms with Crippen LogP contribution in [0.2, 0.25) is 0 Å². The second-order valence-electron chi connectivity index (χ2n) is 4.23. The van der Waals surface area contributed by atoms with E-state index in [0.29, 0.717) is 19.8 Å². The average Bonchev–Trinajstić information content (AvgIpc) is 2.34. The SMILES string of the molecule is CCOCCNc1ccc([N+](=O)[O-])c(OC(C)C)c1. The molecule has 0 aliphatic carbocycles. The number of hydrogen-bond donors (Lipinski definition) is 1. The third kappa shape index (κ3) is 5.13. The summed E-state index contributed by atoms with van der Waals surface area (Å²) in [5, 5.41) is 14.0. The lowest BCUT2D eigenvalue weighted by molar-refractivity contribution is -0.386. The van der Waals surface area contributed by atoms with Crippen LogP contribution in [0.15, 0.2) is 18.2 Å². The zero-order valence-corrected chi connectivity index (χ0v) is 11.5. The molecule has 0 unspecified atom stereocenters. The molecular weight excluding hydrogens is 248 g/mol. The van der Waals surface area contributed by atoms with Gasteiger partial charge in [0.05, 0.1) is 17.6 Å². The van der Waals surface area contributed by atoms with Crippen LogP contribution in [0.1, 0.15) is 20.8 Å². The van der Waals surface area contributed by atoms with E-state index in [9.17, 15) is 10.1 Å². The minimum atomic E-state index is -0.443. The molecule has 0 amide bonds. The van der Waals surface area contributed by atoms with E-state index in [1.54, 1.807) is 12.1 Å². The first-order chi connectivity index (χ1) is 9.04. The van der Waals surface area contributed by atoms with E-state index in [1.165, 1.54) is 6.07 Å². The molecule has 1 aromatic rings. The largest absolute Gasteiger partial charge is 0.484 e. The highest BCUT2D eigenvalue weighted by Gasteiger charge is 2.16. The number of nitrogens with one attached hydrogen (secondary N) is 1. The van der Waals surface area contributed by atoms with Gasteiger partial charge in [-0.25, -0.2) is 0 Å². The standard InChI is InChI=1S/C13H20N2O4/c1-4-18-8-7-14-11-5-6-12(15(16)17)13(9-11)19-10(2)3/h5-6,9-10,14H,4,7-8H2,1-3H3. The van der Waals surface area contributed by atoms with E-state index in [2.05, 4.69) is 5.32 Å². The number of nitrogens with zero attached hydrogens (tertiary/aromatic N) is 1. The van der Waals surface area contributed by atoms with E-state index < -0.39 is 4.92 Å². The summed E-state index contributed by atoms with van der Waals surface area (Å²) >= 11 is 0. The second-order valence-corrected chi connectivity index (χ2v) is 4.23. The molecule has 0 heterocycles. The minimum Gasteiger partial charge on any atom is -0.484 e. The molecule has 106 valence electrons. The lowest BCUT2D eigenvalue weighted by atomic mass is 10.2. The molecule has 0 radical (unpaired) electrons. The van der Waals surface area contributed by atoms with Crippen molar-refractivity contribution in [2.45, 2.75) is 26.9 Å². The Labute approximate surface area is 112 Å². The van der Waals surface area contributed by atoms with Gasteiger partial charge < -0.3 is 14.8 Å². The van der Waals surface area contributed by atoms with Crippen molar-refractivity contribution in [1.82, 2.24) is 0 Å². The highest BCUT2D eigenvalue weighted by molar-refractivity contribution is 5.58. The Morgan fingerprint density at radius 1 is 1.42 bits per heavy atom. The smallest absolute Gasteiger partial charge is 0.311 e. The van der Waals surface area contributed by atoms with Crippen molar-refractivity contribution in [3.05, 3.63) is 28.3 Å². The van der Waals surface area contributed by atoms with E-state index in [-0.39, 0.29) is 17.5 Å². The van der Waals surface area contributed by atoms with Crippen LogP contribution in [0.4, 0.5) is 11.4 Å².